The predicted molar refractivity (Wildman–Crippen MR) is 72.1 cm³/mol. The number of nitrogens with zero attached hydrogens (tertiary/aromatic N) is 1. The minimum absolute atomic E-state index is 0.0122. The molecule has 1 aromatic rings. The molecule has 3 N–H and O–H groups in total. The molecule has 0 fully saturated rings. The zero-order valence-electron chi connectivity index (χ0n) is 10.8. The number of nitrogens with two attached hydrogens (primary N) is 1. The van der Waals surface area contributed by atoms with E-state index in [0.717, 1.165) is 0 Å². The number of sulfonamides is 1. The quantitative estimate of drug-likeness (QED) is 0.621. The van der Waals surface area contributed by atoms with E-state index in [1.165, 1.54) is 11.4 Å². The summed E-state index contributed by atoms with van der Waals surface area (Å²) in [4.78, 5) is 0.295. The van der Waals surface area contributed by atoms with Crippen LogP contribution in [0.5, 0.6) is 0 Å². The molecule has 0 amide bonds. The molecule has 0 saturated carbocycles. The van der Waals surface area contributed by atoms with Gasteiger partial charge in [0.05, 0.1) is 10.7 Å². The monoisotopic (exact) mass is 269 g/mol. The van der Waals surface area contributed by atoms with Gasteiger partial charge in [0.2, 0.25) is 10.0 Å². The van der Waals surface area contributed by atoms with Crippen molar-refractivity contribution in [2.75, 3.05) is 13.6 Å². The number of hydrogen-bond acceptors (Lipinski definition) is 3. The molecular weight excluding hydrogens is 250 g/mol. The van der Waals surface area contributed by atoms with Crippen molar-refractivity contribution < 1.29 is 8.42 Å². The van der Waals surface area contributed by atoms with Crippen LogP contribution in [0.3, 0.4) is 0 Å². The van der Waals surface area contributed by atoms with Gasteiger partial charge in [0.15, 0.2) is 0 Å². The van der Waals surface area contributed by atoms with Crippen molar-refractivity contribution in [3.63, 3.8) is 0 Å². The van der Waals surface area contributed by atoms with Crippen molar-refractivity contribution in [3.8, 4) is 0 Å². The summed E-state index contributed by atoms with van der Waals surface area (Å²) in [5.74, 6) is -0.310. The lowest BCUT2D eigenvalue weighted by Crippen LogP contribution is -2.36. The van der Waals surface area contributed by atoms with Crippen LogP contribution in [0.1, 0.15) is 12.5 Å². The molecule has 1 aromatic carbocycles. The van der Waals surface area contributed by atoms with Crippen LogP contribution in [0.2, 0.25) is 0 Å². The van der Waals surface area contributed by atoms with Gasteiger partial charge in [-0.1, -0.05) is 25.1 Å². The number of amidine groups is 1. The molecule has 0 heterocycles. The molecule has 18 heavy (non-hydrogen) atoms. The first kappa shape index (κ1) is 14.7. The van der Waals surface area contributed by atoms with Crippen molar-refractivity contribution in [1.29, 1.82) is 5.41 Å². The fourth-order valence-electron chi connectivity index (χ4n) is 1.60. The van der Waals surface area contributed by atoms with E-state index in [2.05, 4.69) is 0 Å². The summed E-state index contributed by atoms with van der Waals surface area (Å²) in [6.45, 7) is 3.69. The highest BCUT2D eigenvalue weighted by Gasteiger charge is 2.24. The summed E-state index contributed by atoms with van der Waals surface area (Å²) < 4.78 is 25.9. The molecule has 1 rings (SSSR count). The number of rotatable bonds is 5. The van der Waals surface area contributed by atoms with Crippen LogP contribution in [0.4, 0.5) is 0 Å². The average molecular weight is 269 g/mol. The van der Waals surface area contributed by atoms with Gasteiger partial charge in [0, 0.05) is 19.5 Å². The van der Waals surface area contributed by atoms with Crippen molar-refractivity contribution in [1.82, 2.24) is 4.31 Å². The Hall–Kier alpha value is -1.40. The highest BCUT2D eigenvalue weighted by Crippen LogP contribution is 2.19. The van der Waals surface area contributed by atoms with Gasteiger partial charge in [-0.25, -0.2) is 12.7 Å². The minimum atomic E-state index is -3.52. The van der Waals surface area contributed by atoms with E-state index >= 15 is 0 Å². The van der Waals surface area contributed by atoms with E-state index in [1.54, 1.807) is 38.1 Å². The van der Waals surface area contributed by atoms with Crippen LogP contribution in [0.25, 0.3) is 0 Å². The summed E-state index contributed by atoms with van der Waals surface area (Å²) in [5, 5.41) is 7.30. The fourth-order valence-corrected chi connectivity index (χ4v) is 3.08. The Morgan fingerprint density at radius 1 is 1.44 bits per heavy atom. The molecule has 0 bridgehead atoms. The maximum atomic E-state index is 12.3. The smallest absolute Gasteiger partial charge is 0.243 e. The summed E-state index contributed by atoms with van der Waals surface area (Å²) >= 11 is 0. The van der Waals surface area contributed by atoms with Crippen LogP contribution in [-0.4, -0.2) is 32.2 Å². The molecule has 5 nitrogen and oxygen atoms in total. The van der Waals surface area contributed by atoms with Crippen molar-refractivity contribution in [2.45, 2.75) is 18.7 Å². The molecule has 0 aliphatic rings. The topological polar surface area (TPSA) is 87.2 Å². The predicted octanol–water partition coefficient (Wildman–Crippen LogP) is 1.19. The minimum Gasteiger partial charge on any atom is -0.387 e. The summed E-state index contributed by atoms with van der Waals surface area (Å²) in [5.41, 5.74) is 6.07. The second-order valence-corrected chi connectivity index (χ2v) is 6.42. The third kappa shape index (κ3) is 3.08. The van der Waals surface area contributed by atoms with Gasteiger partial charge in [0.1, 0.15) is 0 Å². The van der Waals surface area contributed by atoms with E-state index in [9.17, 15) is 8.42 Å². The molecule has 0 saturated heterocycles. The van der Waals surface area contributed by atoms with Crippen LogP contribution < -0.4 is 5.73 Å². The molecule has 6 heteroatoms. The molecule has 0 radical (unpaired) electrons. The number of nitrogens with one attached hydrogen (secondary N) is 1. The molecule has 1 unspecified atom stereocenters. The van der Waals surface area contributed by atoms with Gasteiger partial charge in [-0.2, -0.15) is 0 Å². The zero-order chi connectivity index (χ0) is 13.9. The van der Waals surface area contributed by atoms with E-state index in [4.69, 9.17) is 11.1 Å². The Morgan fingerprint density at radius 3 is 2.50 bits per heavy atom. The maximum Gasteiger partial charge on any atom is 0.243 e. The van der Waals surface area contributed by atoms with E-state index in [0.29, 0.717) is 10.5 Å². The number of aryl methyl sites for hydroxylation is 1. The Kier molecular flexibility index (Phi) is 4.48. The lowest BCUT2D eigenvalue weighted by Gasteiger charge is -2.21. The van der Waals surface area contributed by atoms with Crippen molar-refractivity contribution in [2.24, 2.45) is 11.7 Å². The first-order chi connectivity index (χ1) is 8.26. The van der Waals surface area contributed by atoms with Gasteiger partial charge < -0.3 is 5.73 Å². The highest BCUT2D eigenvalue weighted by molar-refractivity contribution is 7.89. The fraction of sp³-hybridized carbons (Fsp3) is 0.417. The third-order valence-electron chi connectivity index (χ3n) is 2.84. The lowest BCUT2D eigenvalue weighted by atomic mass is 10.2. The Bertz CT molecular complexity index is 540. The standard InChI is InChI=1S/C12H19N3O2S/c1-9-6-4-5-7-11(9)18(16,17)15(3)8-10(2)12(13)14/h4-7,10H,8H2,1-3H3,(H3,13,14). The van der Waals surface area contributed by atoms with Gasteiger partial charge in [-0.15, -0.1) is 0 Å². The molecule has 1 atom stereocenters. The second kappa shape index (κ2) is 5.49. The summed E-state index contributed by atoms with van der Waals surface area (Å²) in [6.07, 6.45) is 0. The van der Waals surface area contributed by atoms with E-state index in [1.807, 2.05) is 0 Å². The van der Waals surface area contributed by atoms with Gasteiger partial charge in [-0.3, -0.25) is 5.41 Å². The molecule has 100 valence electrons. The second-order valence-electron chi connectivity index (χ2n) is 4.41. The summed E-state index contributed by atoms with van der Waals surface area (Å²) in [6, 6.07) is 6.84. The van der Waals surface area contributed by atoms with E-state index in [-0.39, 0.29) is 18.3 Å². The SMILES string of the molecule is Cc1ccccc1S(=O)(=O)N(C)CC(C)C(=N)N. The normalized spacial score (nSPS) is 13.6. The number of hydrogen-bond donors (Lipinski definition) is 2. The average Bonchev–Trinajstić information content (AvgIpc) is 2.28. The maximum absolute atomic E-state index is 12.3. The molecular formula is C12H19N3O2S. The third-order valence-corrected chi connectivity index (χ3v) is 4.83. The van der Waals surface area contributed by atoms with Crippen LogP contribution >= 0.6 is 0 Å². The zero-order valence-corrected chi connectivity index (χ0v) is 11.7. The van der Waals surface area contributed by atoms with Crippen molar-refractivity contribution >= 4 is 15.9 Å². The molecule has 0 spiro atoms. The highest BCUT2D eigenvalue weighted by atomic mass is 32.2. The van der Waals surface area contributed by atoms with Gasteiger partial charge in [0.25, 0.3) is 0 Å². The first-order valence-corrected chi connectivity index (χ1v) is 7.06. The Morgan fingerprint density at radius 2 is 2.00 bits per heavy atom. The lowest BCUT2D eigenvalue weighted by molar-refractivity contribution is 0.443. The Labute approximate surface area is 108 Å². The molecule has 0 aliphatic carbocycles. The molecule has 0 aliphatic heterocycles. The van der Waals surface area contributed by atoms with Crippen LogP contribution in [0.15, 0.2) is 29.2 Å². The Balaban J connectivity index is 3.01. The largest absolute Gasteiger partial charge is 0.387 e. The first-order valence-electron chi connectivity index (χ1n) is 5.62. The number of benzene rings is 1. The van der Waals surface area contributed by atoms with Crippen molar-refractivity contribution in [3.05, 3.63) is 29.8 Å². The summed E-state index contributed by atoms with van der Waals surface area (Å²) in [7, 11) is -2.02. The van der Waals surface area contributed by atoms with Crippen LogP contribution in [0, 0.1) is 18.3 Å². The molecule has 0 aromatic heterocycles. The van der Waals surface area contributed by atoms with Gasteiger partial charge in [-0.05, 0) is 18.6 Å². The van der Waals surface area contributed by atoms with E-state index < -0.39 is 10.0 Å². The van der Waals surface area contributed by atoms with Gasteiger partial charge >= 0.3 is 0 Å². The van der Waals surface area contributed by atoms with Crippen LogP contribution in [-0.2, 0) is 10.0 Å².